The highest BCUT2D eigenvalue weighted by Crippen LogP contribution is 2.27. The van der Waals surface area contributed by atoms with Crippen molar-refractivity contribution in [1.29, 1.82) is 0 Å². The van der Waals surface area contributed by atoms with Gasteiger partial charge in [-0.15, -0.1) is 0 Å². The molecule has 5 heteroatoms. The Morgan fingerprint density at radius 1 is 1.41 bits per heavy atom. The summed E-state index contributed by atoms with van der Waals surface area (Å²) in [5.74, 6) is 0.689. The smallest absolute Gasteiger partial charge is 0.213 e. The van der Waals surface area contributed by atoms with Gasteiger partial charge >= 0.3 is 0 Å². The molecule has 0 amide bonds. The predicted molar refractivity (Wildman–Crippen MR) is 63.5 cm³/mol. The van der Waals surface area contributed by atoms with E-state index in [1.54, 1.807) is 0 Å². The normalized spacial score (nSPS) is 19.1. The molecule has 0 spiro atoms. The van der Waals surface area contributed by atoms with Gasteiger partial charge in [-0.05, 0) is 18.1 Å². The van der Waals surface area contributed by atoms with Crippen molar-refractivity contribution in [2.45, 2.75) is 19.0 Å². The lowest BCUT2D eigenvalue weighted by Crippen LogP contribution is -2.43. The molecule has 1 aromatic heterocycles. The molecule has 1 atom stereocenters. The lowest BCUT2D eigenvalue weighted by molar-refractivity contribution is 0.408. The van der Waals surface area contributed by atoms with Crippen LogP contribution in [-0.4, -0.2) is 22.7 Å². The van der Waals surface area contributed by atoms with Crippen molar-refractivity contribution in [3.63, 3.8) is 0 Å². The van der Waals surface area contributed by atoms with Crippen LogP contribution in [0.3, 0.4) is 0 Å². The third-order valence-corrected chi connectivity index (χ3v) is 3.01. The molecule has 17 heavy (non-hydrogen) atoms. The SMILES string of the molecule is NC1Cc2ccccc2N(Cc2ncon2)C1. The van der Waals surface area contributed by atoms with Gasteiger partial charge in [0.15, 0.2) is 5.82 Å². The fourth-order valence-electron chi connectivity index (χ4n) is 2.30. The largest absolute Gasteiger partial charge is 0.362 e. The highest BCUT2D eigenvalue weighted by Gasteiger charge is 2.22. The van der Waals surface area contributed by atoms with Gasteiger partial charge < -0.3 is 15.2 Å². The second-order valence-corrected chi connectivity index (χ2v) is 4.32. The third-order valence-electron chi connectivity index (χ3n) is 3.01. The quantitative estimate of drug-likeness (QED) is 0.832. The Morgan fingerprint density at radius 3 is 3.12 bits per heavy atom. The second kappa shape index (κ2) is 4.18. The molecule has 0 fully saturated rings. The molecule has 0 aliphatic carbocycles. The summed E-state index contributed by atoms with van der Waals surface area (Å²) in [5, 5.41) is 3.84. The number of rotatable bonds is 2. The van der Waals surface area contributed by atoms with Crippen LogP contribution in [0.25, 0.3) is 0 Å². The minimum Gasteiger partial charge on any atom is -0.362 e. The van der Waals surface area contributed by atoms with Crippen molar-refractivity contribution in [2.24, 2.45) is 5.73 Å². The number of benzene rings is 1. The fourth-order valence-corrected chi connectivity index (χ4v) is 2.30. The summed E-state index contributed by atoms with van der Waals surface area (Å²) in [6.07, 6.45) is 2.28. The van der Waals surface area contributed by atoms with Crippen LogP contribution in [0.4, 0.5) is 5.69 Å². The highest BCUT2D eigenvalue weighted by molar-refractivity contribution is 5.56. The van der Waals surface area contributed by atoms with Crippen molar-refractivity contribution in [3.05, 3.63) is 42.0 Å². The molecule has 0 saturated heterocycles. The first-order chi connectivity index (χ1) is 8.33. The third kappa shape index (κ3) is 2.01. The first-order valence-electron chi connectivity index (χ1n) is 5.66. The van der Waals surface area contributed by atoms with Crippen molar-refractivity contribution in [1.82, 2.24) is 10.1 Å². The number of fused-ring (bicyclic) bond motifs is 1. The average molecular weight is 230 g/mol. The van der Waals surface area contributed by atoms with E-state index in [9.17, 15) is 0 Å². The van der Waals surface area contributed by atoms with Crippen LogP contribution < -0.4 is 10.6 Å². The van der Waals surface area contributed by atoms with Crippen molar-refractivity contribution in [2.75, 3.05) is 11.4 Å². The van der Waals surface area contributed by atoms with Gasteiger partial charge in [-0.2, -0.15) is 4.98 Å². The minimum absolute atomic E-state index is 0.164. The number of hydrogen-bond acceptors (Lipinski definition) is 5. The lowest BCUT2D eigenvalue weighted by Gasteiger charge is -2.33. The number of anilines is 1. The van der Waals surface area contributed by atoms with Gasteiger partial charge in [0.2, 0.25) is 6.39 Å². The number of para-hydroxylation sites is 1. The number of aromatic nitrogens is 2. The minimum atomic E-state index is 0.164. The van der Waals surface area contributed by atoms with Crippen LogP contribution in [0.5, 0.6) is 0 Å². The molecular formula is C12H14N4O. The van der Waals surface area contributed by atoms with Gasteiger partial charge in [-0.3, -0.25) is 0 Å². The molecule has 1 aliphatic rings. The molecule has 5 nitrogen and oxygen atoms in total. The number of hydrogen-bond donors (Lipinski definition) is 1. The average Bonchev–Trinajstić information content (AvgIpc) is 2.81. The van der Waals surface area contributed by atoms with E-state index in [0.717, 1.165) is 13.0 Å². The molecular weight excluding hydrogens is 216 g/mol. The maximum atomic E-state index is 6.06. The Kier molecular flexibility index (Phi) is 2.53. The van der Waals surface area contributed by atoms with Crippen molar-refractivity contribution >= 4 is 5.69 Å². The predicted octanol–water partition coefficient (Wildman–Crippen LogP) is 0.960. The van der Waals surface area contributed by atoms with E-state index < -0.39 is 0 Å². The monoisotopic (exact) mass is 230 g/mol. The van der Waals surface area contributed by atoms with Gasteiger partial charge in [0.05, 0.1) is 6.54 Å². The van der Waals surface area contributed by atoms with Crippen LogP contribution in [0.15, 0.2) is 35.2 Å². The van der Waals surface area contributed by atoms with Crippen LogP contribution in [0, 0.1) is 0 Å². The van der Waals surface area contributed by atoms with Gasteiger partial charge in [0.25, 0.3) is 0 Å². The molecule has 2 heterocycles. The lowest BCUT2D eigenvalue weighted by atomic mass is 9.98. The zero-order chi connectivity index (χ0) is 11.7. The summed E-state index contributed by atoms with van der Waals surface area (Å²) in [6, 6.07) is 8.48. The Balaban J connectivity index is 1.90. The van der Waals surface area contributed by atoms with Crippen LogP contribution >= 0.6 is 0 Å². The Labute approximate surface area is 99.2 Å². The molecule has 0 saturated carbocycles. The van der Waals surface area contributed by atoms with E-state index in [4.69, 9.17) is 10.3 Å². The van der Waals surface area contributed by atoms with E-state index in [-0.39, 0.29) is 6.04 Å². The molecule has 0 radical (unpaired) electrons. The summed E-state index contributed by atoms with van der Waals surface area (Å²) in [7, 11) is 0. The molecule has 1 aliphatic heterocycles. The number of nitrogens with zero attached hydrogens (tertiary/aromatic N) is 3. The Morgan fingerprint density at radius 2 is 2.29 bits per heavy atom. The van der Waals surface area contributed by atoms with Gasteiger partial charge in [0, 0.05) is 18.3 Å². The molecule has 0 bridgehead atoms. The van der Waals surface area contributed by atoms with Crippen LogP contribution in [0.1, 0.15) is 11.4 Å². The highest BCUT2D eigenvalue weighted by atomic mass is 16.5. The van der Waals surface area contributed by atoms with E-state index in [1.165, 1.54) is 17.6 Å². The summed E-state index contributed by atoms with van der Waals surface area (Å²) >= 11 is 0. The zero-order valence-corrected chi connectivity index (χ0v) is 9.41. The summed E-state index contributed by atoms with van der Waals surface area (Å²) < 4.78 is 4.75. The maximum Gasteiger partial charge on any atom is 0.213 e. The van der Waals surface area contributed by atoms with Crippen molar-refractivity contribution < 1.29 is 4.52 Å². The van der Waals surface area contributed by atoms with Gasteiger partial charge in [-0.25, -0.2) is 0 Å². The maximum absolute atomic E-state index is 6.06. The Hall–Kier alpha value is -1.88. The van der Waals surface area contributed by atoms with E-state index in [0.29, 0.717) is 12.4 Å². The molecule has 2 aromatic rings. The molecule has 1 unspecified atom stereocenters. The summed E-state index contributed by atoms with van der Waals surface area (Å²) in [5.41, 5.74) is 8.57. The Bertz CT molecular complexity index is 497. The van der Waals surface area contributed by atoms with Crippen LogP contribution in [0.2, 0.25) is 0 Å². The molecule has 2 N–H and O–H groups in total. The standard InChI is InChI=1S/C12H14N4O/c13-10-5-9-3-1-2-4-11(9)16(6-10)7-12-14-8-17-15-12/h1-4,8,10H,5-7,13H2. The summed E-state index contributed by atoms with van der Waals surface area (Å²) in [6.45, 7) is 1.47. The topological polar surface area (TPSA) is 68.2 Å². The first kappa shape index (κ1) is 10.3. The van der Waals surface area contributed by atoms with Crippen molar-refractivity contribution in [3.8, 4) is 0 Å². The van der Waals surface area contributed by atoms with E-state index in [1.807, 2.05) is 12.1 Å². The number of nitrogens with two attached hydrogens (primary N) is 1. The van der Waals surface area contributed by atoms with Gasteiger partial charge in [0.1, 0.15) is 0 Å². The molecule has 1 aromatic carbocycles. The fraction of sp³-hybridized carbons (Fsp3) is 0.333. The van der Waals surface area contributed by atoms with Gasteiger partial charge in [-0.1, -0.05) is 23.4 Å². The first-order valence-corrected chi connectivity index (χ1v) is 5.66. The molecule has 3 rings (SSSR count). The van der Waals surface area contributed by atoms with Crippen LogP contribution in [-0.2, 0) is 13.0 Å². The van der Waals surface area contributed by atoms with E-state index >= 15 is 0 Å². The molecule has 88 valence electrons. The summed E-state index contributed by atoms with van der Waals surface area (Å²) in [4.78, 5) is 6.25. The zero-order valence-electron chi connectivity index (χ0n) is 9.41. The van der Waals surface area contributed by atoms with E-state index in [2.05, 4.69) is 27.2 Å². The second-order valence-electron chi connectivity index (χ2n) is 4.32.